The van der Waals surface area contributed by atoms with Gasteiger partial charge >= 0.3 is 98.8 Å². The van der Waals surface area contributed by atoms with Crippen molar-refractivity contribution in [1.29, 1.82) is 0 Å². The van der Waals surface area contributed by atoms with Crippen LogP contribution in [0.4, 0.5) is 0 Å². The fourth-order valence-electron chi connectivity index (χ4n) is 1.93. The van der Waals surface area contributed by atoms with Crippen molar-refractivity contribution in [2.75, 3.05) is 0 Å². The first-order valence-electron chi connectivity index (χ1n) is 5.58. The number of aryl methyl sites for hydroxylation is 1. The third-order valence-corrected chi connectivity index (χ3v) is 5.82. The summed E-state index contributed by atoms with van der Waals surface area (Å²) in [5, 5.41) is 1.30. The van der Waals surface area contributed by atoms with Crippen LogP contribution in [0.5, 0.6) is 0 Å². The SMILES string of the molecule is C=C1CCC([Se]Cc2ccc(C)cc2)C1. The third-order valence-electron chi connectivity index (χ3n) is 2.94. The molecule has 1 aliphatic carbocycles. The van der Waals surface area contributed by atoms with Gasteiger partial charge in [0, 0.05) is 0 Å². The van der Waals surface area contributed by atoms with E-state index in [4.69, 9.17) is 0 Å². The van der Waals surface area contributed by atoms with Gasteiger partial charge in [-0.05, 0) is 0 Å². The van der Waals surface area contributed by atoms with E-state index in [-0.39, 0.29) is 0 Å². The molecule has 0 aliphatic heterocycles. The predicted molar refractivity (Wildman–Crippen MR) is 67.4 cm³/mol. The van der Waals surface area contributed by atoms with E-state index in [1.807, 2.05) is 0 Å². The van der Waals surface area contributed by atoms with Gasteiger partial charge in [0.25, 0.3) is 0 Å². The normalized spacial score (nSPS) is 20.9. The molecule has 1 saturated carbocycles. The molecule has 80 valence electrons. The molecule has 1 atom stereocenters. The summed E-state index contributed by atoms with van der Waals surface area (Å²) in [6.07, 6.45) is 3.97. The fraction of sp³-hybridized carbons (Fsp3) is 0.429. The van der Waals surface area contributed by atoms with E-state index in [1.165, 1.54) is 41.3 Å². The Bertz CT molecular complexity index is 337. The van der Waals surface area contributed by atoms with E-state index in [1.54, 1.807) is 0 Å². The van der Waals surface area contributed by atoms with Crippen molar-refractivity contribution in [3.63, 3.8) is 0 Å². The Labute approximate surface area is 98.9 Å². The summed E-state index contributed by atoms with van der Waals surface area (Å²) in [7, 11) is 0. The monoisotopic (exact) mass is 266 g/mol. The molecule has 1 heteroatoms. The molecular weight excluding hydrogens is 247 g/mol. The van der Waals surface area contributed by atoms with E-state index in [2.05, 4.69) is 37.8 Å². The van der Waals surface area contributed by atoms with Crippen LogP contribution in [0, 0.1) is 6.92 Å². The first kappa shape index (κ1) is 11.0. The van der Waals surface area contributed by atoms with Crippen molar-refractivity contribution in [2.45, 2.75) is 36.3 Å². The summed E-state index contributed by atoms with van der Waals surface area (Å²) in [5.74, 6) is 0. The summed E-state index contributed by atoms with van der Waals surface area (Å²) in [6.45, 7) is 6.23. The van der Waals surface area contributed by atoms with E-state index in [0.29, 0.717) is 0 Å². The zero-order chi connectivity index (χ0) is 10.7. The molecule has 0 nitrogen and oxygen atoms in total. The van der Waals surface area contributed by atoms with Gasteiger partial charge < -0.3 is 0 Å². The predicted octanol–water partition coefficient (Wildman–Crippen LogP) is 3.73. The van der Waals surface area contributed by atoms with Crippen LogP contribution in [0.15, 0.2) is 36.4 Å². The average molecular weight is 265 g/mol. The molecular formula is C14H18Se. The quantitative estimate of drug-likeness (QED) is 0.577. The molecule has 0 spiro atoms. The van der Waals surface area contributed by atoms with Gasteiger partial charge in [0.15, 0.2) is 0 Å². The van der Waals surface area contributed by atoms with Gasteiger partial charge in [-0.15, -0.1) is 0 Å². The maximum absolute atomic E-state index is 4.08. The van der Waals surface area contributed by atoms with E-state index in [0.717, 1.165) is 19.8 Å². The Hall–Kier alpha value is -0.521. The summed E-state index contributed by atoms with van der Waals surface area (Å²) in [6, 6.07) is 9.00. The van der Waals surface area contributed by atoms with Crippen LogP contribution in [-0.2, 0) is 5.32 Å². The van der Waals surface area contributed by atoms with Crippen LogP contribution in [0.3, 0.4) is 0 Å². The number of hydrogen-bond donors (Lipinski definition) is 0. The Morgan fingerprint density at radius 1 is 1.33 bits per heavy atom. The molecule has 0 aromatic heterocycles. The van der Waals surface area contributed by atoms with Gasteiger partial charge in [-0.2, -0.15) is 0 Å². The molecule has 0 saturated heterocycles. The number of allylic oxidation sites excluding steroid dienone is 1. The minimum absolute atomic E-state index is 0.773. The van der Waals surface area contributed by atoms with Crippen LogP contribution >= 0.6 is 0 Å². The van der Waals surface area contributed by atoms with Crippen molar-refractivity contribution in [3.05, 3.63) is 47.5 Å². The number of rotatable bonds is 3. The molecule has 1 unspecified atom stereocenters. The van der Waals surface area contributed by atoms with E-state index in [9.17, 15) is 0 Å². The summed E-state index contributed by atoms with van der Waals surface area (Å²) < 4.78 is 0. The third kappa shape index (κ3) is 3.22. The fourth-order valence-corrected chi connectivity index (χ4v) is 4.57. The second-order valence-electron chi connectivity index (χ2n) is 4.41. The van der Waals surface area contributed by atoms with E-state index < -0.39 is 0 Å². The van der Waals surface area contributed by atoms with Crippen LogP contribution in [0.25, 0.3) is 0 Å². The maximum atomic E-state index is 4.08. The molecule has 0 radical (unpaired) electrons. The van der Waals surface area contributed by atoms with Gasteiger partial charge in [-0.1, -0.05) is 0 Å². The first-order chi connectivity index (χ1) is 7.24. The van der Waals surface area contributed by atoms with Crippen LogP contribution < -0.4 is 0 Å². The van der Waals surface area contributed by atoms with Crippen molar-refractivity contribution < 1.29 is 0 Å². The van der Waals surface area contributed by atoms with Crippen molar-refractivity contribution in [1.82, 2.24) is 0 Å². The molecule has 2 rings (SSSR count). The van der Waals surface area contributed by atoms with Crippen molar-refractivity contribution in [3.8, 4) is 0 Å². The van der Waals surface area contributed by atoms with Crippen LogP contribution in [0.2, 0.25) is 4.82 Å². The number of hydrogen-bond acceptors (Lipinski definition) is 0. The molecule has 15 heavy (non-hydrogen) atoms. The zero-order valence-corrected chi connectivity index (χ0v) is 11.0. The molecule has 0 bridgehead atoms. The van der Waals surface area contributed by atoms with E-state index >= 15 is 0 Å². The summed E-state index contributed by atoms with van der Waals surface area (Å²) in [4.78, 5) is 0.964. The van der Waals surface area contributed by atoms with Gasteiger partial charge in [0.1, 0.15) is 0 Å². The van der Waals surface area contributed by atoms with Crippen LogP contribution in [-0.4, -0.2) is 15.0 Å². The van der Waals surface area contributed by atoms with Gasteiger partial charge in [0.2, 0.25) is 0 Å². The van der Waals surface area contributed by atoms with Gasteiger partial charge in [-0.3, -0.25) is 0 Å². The average Bonchev–Trinajstić information content (AvgIpc) is 2.64. The van der Waals surface area contributed by atoms with Crippen LogP contribution in [0.1, 0.15) is 30.4 Å². The Kier molecular flexibility index (Phi) is 3.66. The Morgan fingerprint density at radius 2 is 2.07 bits per heavy atom. The molecule has 0 heterocycles. The van der Waals surface area contributed by atoms with Gasteiger partial charge in [-0.25, -0.2) is 0 Å². The standard InChI is InChI=1S/C14H18Se/c1-11-3-6-13(7-4-11)10-15-14-8-5-12(2)9-14/h3-4,6-7,14H,2,5,8-10H2,1H3. The topological polar surface area (TPSA) is 0 Å². The Morgan fingerprint density at radius 3 is 2.67 bits per heavy atom. The molecule has 1 fully saturated rings. The summed E-state index contributed by atoms with van der Waals surface area (Å²) in [5.41, 5.74) is 4.35. The molecule has 1 aliphatic rings. The van der Waals surface area contributed by atoms with Crippen molar-refractivity contribution >= 4 is 15.0 Å². The Balaban J connectivity index is 1.83. The minimum atomic E-state index is 0.773. The second-order valence-corrected chi connectivity index (χ2v) is 7.12. The second kappa shape index (κ2) is 5.01. The molecule has 1 aromatic carbocycles. The first-order valence-corrected chi connectivity index (χ1v) is 7.78. The molecule has 0 N–H and O–H groups in total. The molecule has 1 aromatic rings. The molecule has 0 amide bonds. The number of benzene rings is 1. The van der Waals surface area contributed by atoms with Crippen molar-refractivity contribution in [2.24, 2.45) is 0 Å². The zero-order valence-electron chi connectivity index (χ0n) is 9.33. The van der Waals surface area contributed by atoms with Gasteiger partial charge in [0.05, 0.1) is 0 Å². The summed E-state index contributed by atoms with van der Waals surface area (Å²) >= 11 is 0.773.